The van der Waals surface area contributed by atoms with Crippen LogP contribution in [0.1, 0.15) is 13.3 Å². The maximum Gasteiger partial charge on any atom is 0.426 e. The Kier molecular flexibility index (Phi) is 6.93. The molecule has 0 saturated carbocycles. The second kappa shape index (κ2) is 8.46. The van der Waals surface area contributed by atoms with Crippen LogP contribution < -0.4 is 0 Å². The first-order chi connectivity index (χ1) is 12.5. The Labute approximate surface area is 150 Å². The van der Waals surface area contributed by atoms with Crippen LogP contribution in [-0.4, -0.2) is 62.9 Å². The van der Waals surface area contributed by atoms with Crippen molar-refractivity contribution in [1.29, 1.82) is 0 Å². The predicted molar refractivity (Wildman–Crippen MR) is 78.6 cm³/mol. The van der Waals surface area contributed by atoms with Crippen LogP contribution in [-0.2, 0) is 18.9 Å². The highest BCUT2D eigenvalue weighted by atomic mass is 19.4. The summed E-state index contributed by atoms with van der Waals surface area (Å²) in [5, 5.41) is 0. The van der Waals surface area contributed by atoms with E-state index in [1.807, 2.05) is 0 Å². The van der Waals surface area contributed by atoms with Crippen LogP contribution in [0.5, 0.6) is 0 Å². The van der Waals surface area contributed by atoms with Crippen molar-refractivity contribution in [3.63, 3.8) is 0 Å². The molecule has 0 spiro atoms. The van der Waals surface area contributed by atoms with Gasteiger partial charge in [0.25, 0.3) is 0 Å². The number of rotatable bonds is 8. The zero-order valence-corrected chi connectivity index (χ0v) is 14.3. The predicted octanol–water partition coefficient (Wildman–Crippen LogP) is 3.87. The maximum absolute atomic E-state index is 13.5. The van der Waals surface area contributed by atoms with Gasteiger partial charge in [-0.1, -0.05) is 18.2 Å². The molecule has 4 nitrogen and oxygen atoms in total. The molecule has 0 aromatic carbocycles. The molecule has 1 fully saturated rings. The lowest BCUT2D eigenvalue weighted by molar-refractivity contribution is -0.405. The summed E-state index contributed by atoms with van der Waals surface area (Å²) < 4.78 is 111. The van der Waals surface area contributed by atoms with Crippen molar-refractivity contribution in [1.82, 2.24) is 0 Å². The Morgan fingerprint density at radius 2 is 1.74 bits per heavy atom. The number of hydrogen-bond donors (Lipinski definition) is 0. The third-order valence-corrected chi connectivity index (χ3v) is 3.92. The SMILES string of the molecule is CCOC1COC(C2=CCC(OC(F)(F)C(F)(F)C(F)(F)CF)C=C2)OC1. The fraction of sp³-hybridized carbons (Fsp3) is 0.750. The van der Waals surface area contributed by atoms with Gasteiger partial charge in [0.1, 0.15) is 6.10 Å². The largest absolute Gasteiger partial charge is 0.426 e. The second-order valence-electron chi connectivity index (χ2n) is 5.96. The summed E-state index contributed by atoms with van der Waals surface area (Å²) >= 11 is 0. The first-order valence-electron chi connectivity index (χ1n) is 8.14. The molecule has 11 heteroatoms. The molecular weight excluding hydrogens is 389 g/mol. The first-order valence-corrected chi connectivity index (χ1v) is 8.14. The summed E-state index contributed by atoms with van der Waals surface area (Å²) in [6.45, 7) is -0.174. The van der Waals surface area contributed by atoms with Gasteiger partial charge in [-0.25, -0.2) is 4.39 Å². The Morgan fingerprint density at radius 3 is 2.22 bits per heavy atom. The number of halogens is 7. The molecule has 1 atom stereocenters. The standard InChI is InChI=1S/C16H19F7O4/c1-2-24-12-7-25-13(26-8-12)10-3-5-11(6-4-10)27-16(22,23)15(20,21)14(18,19)9-17/h3-5,11-13H,2,6-9H2,1H3. The average molecular weight is 408 g/mol. The third-order valence-electron chi connectivity index (χ3n) is 3.92. The van der Waals surface area contributed by atoms with Gasteiger partial charge in [-0.2, -0.15) is 26.3 Å². The van der Waals surface area contributed by atoms with Crippen LogP contribution in [0.25, 0.3) is 0 Å². The van der Waals surface area contributed by atoms with Crippen LogP contribution in [0.3, 0.4) is 0 Å². The third kappa shape index (κ3) is 4.82. The minimum absolute atomic E-state index is 0.242. The van der Waals surface area contributed by atoms with Crippen molar-refractivity contribution >= 4 is 0 Å². The Hall–Kier alpha value is -1.17. The molecule has 2 rings (SSSR count). The van der Waals surface area contributed by atoms with E-state index in [9.17, 15) is 30.7 Å². The minimum atomic E-state index is -6.00. The highest BCUT2D eigenvalue weighted by molar-refractivity contribution is 5.27. The summed E-state index contributed by atoms with van der Waals surface area (Å²) in [7, 11) is 0. The van der Waals surface area contributed by atoms with Crippen LogP contribution in [0.15, 0.2) is 23.8 Å². The van der Waals surface area contributed by atoms with Gasteiger partial charge in [0.2, 0.25) is 0 Å². The summed E-state index contributed by atoms with van der Waals surface area (Å²) in [5.41, 5.74) is 0.439. The van der Waals surface area contributed by atoms with Gasteiger partial charge in [-0.3, -0.25) is 0 Å². The molecule has 27 heavy (non-hydrogen) atoms. The minimum Gasteiger partial charge on any atom is -0.374 e. The van der Waals surface area contributed by atoms with Crippen molar-refractivity contribution in [2.24, 2.45) is 0 Å². The van der Waals surface area contributed by atoms with Gasteiger partial charge in [0.15, 0.2) is 13.0 Å². The van der Waals surface area contributed by atoms with Crippen molar-refractivity contribution in [2.75, 3.05) is 26.5 Å². The monoisotopic (exact) mass is 408 g/mol. The molecule has 2 aliphatic rings. The van der Waals surface area contributed by atoms with Crippen molar-refractivity contribution in [2.45, 2.75) is 49.8 Å². The van der Waals surface area contributed by atoms with Gasteiger partial charge >= 0.3 is 18.0 Å². The number of hydrogen-bond acceptors (Lipinski definition) is 4. The Morgan fingerprint density at radius 1 is 1.11 bits per heavy atom. The summed E-state index contributed by atoms with van der Waals surface area (Å²) in [6, 6.07) is 0. The highest BCUT2D eigenvalue weighted by Crippen LogP contribution is 2.47. The zero-order valence-electron chi connectivity index (χ0n) is 14.3. The quantitative estimate of drug-likeness (QED) is 0.572. The van der Waals surface area contributed by atoms with Crippen molar-refractivity contribution in [3.05, 3.63) is 23.8 Å². The summed E-state index contributed by atoms with van der Waals surface area (Å²) in [6.07, 6.45) is -4.93. The van der Waals surface area contributed by atoms with E-state index in [1.54, 1.807) is 6.92 Å². The smallest absolute Gasteiger partial charge is 0.374 e. The molecule has 0 bridgehead atoms. The molecule has 1 aliphatic carbocycles. The van der Waals surface area contributed by atoms with Gasteiger partial charge in [-0.05, 0) is 13.3 Å². The van der Waals surface area contributed by atoms with Crippen LogP contribution in [0.2, 0.25) is 0 Å². The lowest BCUT2D eigenvalue weighted by Gasteiger charge is -2.34. The fourth-order valence-corrected chi connectivity index (χ4v) is 2.45. The van der Waals surface area contributed by atoms with Gasteiger partial charge < -0.3 is 18.9 Å². The van der Waals surface area contributed by atoms with E-state index in [-0.39, 0.29) is 25.7 Å². The second-order valence-corrected chi connectivity index (χ2v) is 5.96. The van der Waals surface area contributed by atoms with E-state index >= 15 is 0 Å². The number of alkyl halides is 7. The molecule has 0 aromatic heterocycles. The molecule has 156 valence electrons. The maximum atomic E-state index is 13.5. The van der Waals surface area contributed by atoms with Gasteiger partial charge in [-0.15, -0.1) is 0 Å². The summed E-state index contributed by atoms with van der Waals surface area (Å²) in [5.74, 6) is -11.6. The zero-order chi connectivity index (χ0) is 20.3. The van der Waals surface area contributed by atoms with Crippen LogP contribution in [0, 0.1) is 0 Å². The molecule has 0 aromatic rings. The molecule has 1 saturated heterocycles. The van der Waals surface area contributed by atoms with Gasteiger partial charge in [0.05, 0.1) is 19.3 Å². The van der Waals surface area contributed by atoms with E-state index in [2.05, 4.69) is 4.74 Å². The Balaban J connectivity index is 1.93. The van der Waals surface area contributed by atoms with Crippen molar-refractivity contribution < 1.29 is 49.7 Å². The van der Waals surface area contributed by atoms with Crippen LogP contribution >= 0.6 is 0 Å². The van der Waals surface area contributed by atoms with E-state index in [1.165, 1.54) is 12.2 Å². The fourth-order valence-electron chi connectivity index (χ4n) is 2.45. The van der Waals surface area contributed by atoms with Crippen molar-refractivity contribution in [3.8, 4) is 0 Å². The lowest BCUT2D eigenvalue weighted by Crippen LogP contribution is -2.57. The molecular formula is C16H19F7O4. The summed E-state index contributed by atoms with van der Waals surface area (Å²) in [4.78, 5) is 0. The molecule has 1 aliphatic heterocycles. The van der Waals surface area contributed by atoms with Crippen LogP contribution in [0.4, 0.5) is 30.7 Å². The molecule has 1 unspecified atom stereocenters. The lowest BCUT2D eigenvalue weighted by atomic mass is 10.0. The topological polar surface area (TPSA) is 36.9 Å². The molecule has 0 amide bonds. The normalized spacial score (nSPS) is 27.6. The highest BCUT2D eigenvalue weighted by Gasteiger charge is 2.73. The number of ether oxygens (including phenoxy) is 4. The van der Waals surface area contributed by atoms with E-state index in [0.717, 1.165) is 6.08 Å². The molecule has 1 heterocycles. The van der Waals surface area contributed by atoms with E-state index in [0.29, 0.717) is 12.2 Å². The first kappa shape index (κ1) is 22.1. The Bertz CT molecular complexity index is 557. The van der Waals surface area contributed by atoms with E-state index < -0.39 is 37.0 Å². The molecule has 0 N–H and O–H groups in total. The van der Waals surface area contributed by atoms with Gasteiger partial charge in [0, 0.05) is 12.2 Å². The van der Waals surface area contributed by atoms with E-state index in [4.69, 9.17) is 14.2 Å². The molecule has 0 radical (unpaired) electrons. The average Bonchev–Trinajstić information content (AvgIpc) is 2.63.